The Hall–Kier alpha value is -2.19. The van der Waals surface area contributed by atoms with Gasteiger partial charge in [0.15, 0.2) is 6.10 Å². The number of quaternary nitrogens is 1. The summed E-state index contributed by atoms with van der Waals surface area (Å²) in [4.78, 5) is 36.7. The van der Waals surface area contributed by atoms with Gasteiger partial charge in [-0.2, -0.15) is 0 Å². The molecule has 0 aromatic rings. The van der Waals surface area contributed by atoms with Crippen molar-refractivity contribution < 1.29 is 38.2 Å². The van der Waals surface area contributed by atoms with Crippen LogP contribution in [0.1, 0.15) is 181 Å². The molecule has 8 heteroatoms. The molecule has 0 N–H and O–H groups in total. The molecule has 0 bridgehead atoms. The normalized spacial score (nSPS) is 13.2. The number of esters is 2. The summed E-state index contributed by atoms with van der Waals surface area (Å²) in [5, 5.41) is 11.6. The monoisotopic (exact) mass is 722 g/mol. The fourth-order valence-corrected chi connectivity index (χ4v) is 6.11. The van der Waals surface area contributed by atoms with Crippen LogP contribution in [0.3, 0.4) is 0 Å². The second-order valence-corrected chi connectivity index (χ2v) is 15.2. The Bertz CT molecular complexity index is 895. The van der Waals surface area contributed by atoms with Crippen LogP contribution in [-0.4, -0.2) is 75.5 Å². The number of likely N-dealkylation sites (N-methyl/N-ethyl adjacent to an activating group) is 1. The van der Waals surface area contributed by atoms with Crippen molar-refractivity contribution in [2.75, 3.05) is 41.0 Å². The van der Waals surface area contributed by atoms with Crippen molar-refractivity contribution in [3.63, 3.8) is 0 Å². The highest BCUT2D eigenvalue weighted by Crippen LogP contribution is 2.15. The molecule has 51 heavy (non-hydrogen) atoms. The van der Waals surface area contributed by atoms with Crippen molar-refractivity contribution in [1.29, 1.82) is 0 Å². The number of unbranched alkanes of at least 4 members (excludes halogenated alkanes) is 19. The van der Waals surface area contributed by atoms with E-state index in [-0.39, 0.29) is 42.7 Å². The van der Waals surface area contributed by atoms with E-state index in [9.17, 15) is 19.5 Å². The number of carbonyl (C=O) groups is 3. The third-order valence-corrected chi connectivity index (χ3v) is 9.35. The Morgan fingerprint density at radius 3 is 1.61 bits per heavy atom. The van der Waals surface area contributed by atoms with Gasteiger partial charge in [0.05, 0.1) is 40.3 Å². The second-order valence-electron chi connectivity index (χ2n) is 15.2. The van der Waals surface area contributed by atoms with Crippen molar-refractivity contribution in [2.45, 2.75) is 193 Å². The van der Waals surface area contributed by atoms with E-state index < -0.39 is 18.1 Å². The number of carboxylic acid groups (broad SMARTS) is 1. The van der Waals surface area contributed by atoms with Gasteiger partial charge in [-0.15, -0.1) is 0 Å². The molecular weight excluding hydrogens is 642 g/mol. The van der Waals surface area contributed by atoms with Gasteiger partial charge in [-0.1, -0.05) is 147 Å². The molecule has 0 aliphatic heterocycles. The molecule has 0 heterocycles. The van der Waals surface area contributed by atoms with Gasteiger partial charge in [-0.25, -0.2) is 0 Å². The number of aliphatic carboxylic acids is 1. The Morgan fingerprint density at radius 2 is 1.10 bits per heavy atom. The van der Waals surface area contributed by atoms with Gasteiger partial charge in [-0.05, 0) is 38.5 Å². The highest BCUT2D eigenvalue weighted by Gasteiger charge is 2.25. The van der Waals surface area contributed by atoms with Crippen molar-refractivity contribution in [2.24, 2.45) is 0 Å². The molecule has 8 nitrogen and oxygen atoms in total. The number of hydrogen-bond acceptors (Lipinski definition) is 7. The van der Waals surface area contributed by atoms with E-state index in [2.05, 4.69) is 38.2 Å². The highest BCUT2D eigenvalue weighted by molar-refractivity contribution is 5.70. The Labute approximate surface area is 313 Å². The number of nitrogens with zero attached hydrogens (tertiary/aromatic N) is 1. The van der Waals surface area contributed by atoms with Gasteiger partial charge in [0.25, 0.3) is 0 Å². The van der Waals surface area contributed by atoms with Gasteiger partial charge in [0, 0.05) is 19.3 Å². The van der Waals surface area contributed by atoms with E-state index in [1.165, 1.54) is 77.0 Å². The topological polar surface area (TPSA) is 102 Å². The molecule has 0 aromatic carbocycles. The molecule has 0 rings (SSSR count). The van der Waals surface area contributed by atoms with Crippen molar-refractivity contribution in [3.8, 4) is 0 Å². The minimum atomic E-state index is -1.13. The summed E-state index contributed by atoms with van der Waals surface area (Å²) in [7, 11) is 5.40. The number of ether oxygens (including phenoxy) is 3. The zero-order valence-electron chi connectivity index (χ0n) is 33.8. The van der Waals surface area contributed by atoms with Crippen LogP contribution >= 0.6 is 0 Å². The maximum atomic E-state index is 12.7. The van der Waals surface area contributed by atoms with E-state index in [0.29, 0.717) is 12.8 Å². The van der Waals surface area contributed by atoms with Crippen LogP contribution in [0, 0.1) is 0 Å². The Morgan fingerprint density at radius 1 is 0.608 bits per heavy atom. The summed E-state index contributed by atoms with van der Waals surface area (Å²) in [5.41, 5.74) is 0. The van der Waals surface area contributed by atoms with Crippen molar-refractivity contribution in [3.05, 3.63) is 24.3 Å². The molecule has 0 spiro atoms. The van der Waals surface area contributed by atoms with Crippen LogP contribution in [0.5, 0.6) is 0 Å². The molecule has 0 saturated heterocycles. The molecule has 0 fully saturated rings. The zero-order chi connectivity index (χ0) is 37.8. The van der Waals surface area contributed by atoms with E-state index in [4.69, 9.17) is 14.2 Å². The minimum absolute atomic E-state index is 0.0398. The first-order valence-corrected chi connectivity index (χ1v) is 20.9. The van der Waals surface area contributed by atoms with Crippen molar-refractivity contribution in [1.82, 2.24) is 0 Å². The molecule has 0 aliphatic rings. The predicted molar refractivity (Wildman–Crippen MR) is 208 cm³/mol. The van der Waals surface area contributed by atoms with Gasteiger partial charge >= 0.3 is 11.9 Å². The van der Waals surface area contributed by atoms with E-state index >= 15 is 0 Å². The zero-order valence-corrected chi connectivity index (χ0v) is 33.8. The standard InChI is InChI=1S/C43H79NO7/c1-6-8-10-12-14-16-18-20-21-22-24-26-28-30-32-34-42(46)51-39(37-49-36-35-40(43(47)48)44(3,4)5)38-50-41(45)33-31-29-27-25-23-19-17-15-13-11-9-7-2/h9,11,15,17,39-40H,6-8,10,12-14,16,18-38H2,1-5H3/b11-9+,17-15+. The molecular formula is C43H79NO7. The van der Waals surface area contributed by atoms with E-state index in [1.54, 1.807) is 21.1 Å². The van der Waals surface area contributed by atoms with Crippen LogP contribution in [0.15, 0.2) is 24.3 Å². The molecule has 0 amide bonds. The highest BCUT2D eigenvalue weighted by atomic mass is 16.6. The van der Waals surface area contributed by atoms with E-state index in [0.717, 1.165) is 70.6 Å². The first-order chi connectivity index (χ1) is 24.6. The van der Waals surface area contributed by atoms with Crippen LogP contribution in [-0.2, 0) is 28.6 Å². The summed E-state index contributed by atoms with van der Waals surface area (Å²) in [6, 6.07) is -0.724. The Balaban J connectivity index is 4.36. The SMILES string of the molecule is CC/C=C/C/C=C/CCCCCCCC(=O)OCC(COCCC(C(=O)[O-])[N+](C)(C)C)OC(=O)CCCCCCCCCCCCCCCCC. The summed E-state index contributed by atoms with van der Waals surface area (Å²) in [6.45, 7) is 4.54. The number of carboxylic acids is 1. The maximum absolute atomic E-state index is 12.7. The number of hydrogen-bond donors (Lipinski definition) is 0. The average Bonchev–Trinajstić information content (AvgIpc) is 3.08. The molecule has 0 aliphatic carbocycles. The maximum Gasteiger partial charge on any atom is 0.306 e. The molecule has 0 aromatic heterocycles. The fraction of sp³-hybridized carbons (Fsp3) is 0.837. The van der Waals surface area contributed by atoms with Crippen LogP contribution in [0.2, 0.25) is 0 Å². The lowest BCUT2D eigenvalue weighted by atomic mass is 10.0. The van der Waals surface area contributed by atoms with Gasteiger partial charge in [0.2, 0.25) is 0 Å². The summed E-state index contributed by atoms with van der Waals surface area (Å²) >= 11 is 0. The Kier molecular flexibility index (Phi) is 33.4. The van der Waals surface area contributed by atoms with Gasteiger partial charge < -0.3 is 28.6 Å². The number of rotatable bonds is 37. The molecule has 0 radical (unpaired) electrons. The van der Waals surface area contributed by atoms with Crippen molar-refractivity contribution >= 4 is 17.9 Å². The first-order valence-electron chi connectivity index (χ1n) is 20.9. The second kappa shape index (κ2) is 34.9. The third-order valence-electron chi connectivity index (χ3n) is 9.35. The molecule has 298 valence electrons. The van der Waals surface area contributed by atoms with Crippen LogP contribution in [0.25, 0.3) is 0 Å². The largest absolute Gasteiger partial charge is 0.544 e. The average molecular weight is 722 g/mol. The molecule has 2 unspecified atom stereocenters. The number of allylic oxidation sites excluding steroid dienone is 4. The summed E-state index contributed by atoms with van der Waals surface area (Å²) in [5.74, 6) is -1.75. The first kappa shape index (κ1) is 48.8. The van der Waals surface area contributed by atoms with Crippen LogP contribution in [0.4, 0.5) is 0 Å². The number of carbonyl (C=O) groups excluding carboxylic acids is 3. The minimum Gasteiger partial charge on any atom is -0.544 e. The fourth-order valence-electron chi connectivity index (χ4n) is 6.11. The summed E-state index contributed by atoms with van der Waals surface area (Å²) in [6.07, 6.45) is 36.3. The third kappa shape index (κ3) is 33.4. The van der Waals surface area contributed by atoms with Gasteiger partial charge in [0.1, 0.15) is 12.6 Å². The van der Waals surface area contributed by atoms with Gasteiger partial charge in [-0.3, -0.25) is 9.59 Å². The lowest BCUT2D eigenvalue weighted by Gasteiger charge is -2.34. The van der Waals surface area contributed by atoms with E-state index in [1.807, 2.05) is 0 Å². The quantitative estimate of drug-likeness (QED) is 0.0273. The molecule has 0 saturated carbocycles. The smallest absolute Gasteiger partial charge is 0.306 e. The predicted octanol–water partition coefficient (Wildman–Crippen LogP) is 9.58. The summed E-state index contributed by atoms with van der Waals surface area (Å²) < 4.78 is 17.1. The lowest BCUT2D eigenvalue weighted by molar-refractivity contribution is -0.889. The lowest BCUT2D eigenvalue weighted by Crippen LogP contribution is -2.55. The van der Waals surface area contributed by atoms with Crippen LogP contribution < -0.4 is 5.11 Å². The molecule has 2 atom stereocenters.